The van der Waals surface area contributed by atoms with Crippen molar-refractivity contribution >= 4 is 17.3 Å². The molecule has 2 saturated heterocycles. The van der Waals surface area contributed by atoms with Crippen LogP contribution >= 0.6 is 0 Å². The smallest absolute Gasteiger partial charge is 0.475 e. The molecule has 10 heteroatoms. The van der Waals surface area contributed by atoms with E-state index in [1.165, 1.54) is 42.5 Å². The Morgan fingerprint density at radius 3 is 2.54 bits per heavy atom. The summed E-state index contributed by atoms with van der Waals surface area (Å²) in [7, 11) is 0. The van der Waals surface area contributed by atoms with Crippen molar-refractivity contribution < 1.29 is 23.1 Å². The molecule has 7 nitrogen and oxygen atoms in total. The number of carboxylic acids is 1. The van der Waals surface area contributed by atoms with Crippen LogP contribution in [0.4, 0.5) is 18.9 Å². The number of fused-ring (bicyclic) bond motifs is 1. The predicted molar refractivity (Wildman–Crippen MR) is 127 cm³/mol. The van der Waals surface area contributed by atoms with Crippen molar-refractivity contribution in [3.63, 3.8) is 0 Å². The molecule has 2 aliphatic heterocycles. The van der Waals surface area contributed by atoms with E-state index in [0.717, 1.165) is 44.2 Å². The van der Waals surface area contributed by atoms with Crippen LogP contribution < -0.4 is 4.90 Å². The molecule has 5 rings (SSSR count). The molecule has 0 radical (unpaired) electrons. The van der Waals surface area contributed by atoms with Gasteiger partial charge in [0.2, 0.25) is 0 Å². The van der Waals surface area contributed by atoms with Gasteiger partial charge in [0.25, 0.3) is 0 Å². The van der Waals surface area contributed by atoms with Gasteiger partial charge < -0.3 is 10.0 Å². The fraction of sp³-hybridized carbons (Fsp3) is 0.480. The molecule has 188 valence electrons. The van der Waals surface area contributed by atoms with Gasteiger partial charge in [-0.3, -0.25) is 4.90 Å². The third-order valence-corrected chi connectivity index (χ3v) is 6.40. The van der Waals surface area contributed by atoms with Gasteiger partial charge in [-0.25, -0.2) is 14.3 Å². The molecule has 1 aromatic carbocycles. The number of aryl methyl sites for hydroxylation is 1. The zero-order valence-corrected chi connectivity index (χ0v) is 19.7. The first-order valence-corrected chi connectivity index (χ1v) is 11.9. The van der Waals surface area contributed by atoms with Gasteiger partial charge >= 0.3 is 12.1 Å². The first kappa shape index (κ1) is 25.0. The van der Waals surface area contributed by atoms with Crippen LogP contribution in [-0.4, -0.2) is 62.9 Å². The number of nitrogens with zero attached hydrogens (tertiary/aromatic N) is 5. The molecule has 3 aromatic rings. The molecule has 0 spiro atoms. The molecule has 0 amide bonds. The number of carbonyl (C=O) groups is 1. The molecule has 0 bridgehead atoms. The number of aliphatic carboxylic acids is 1. The van der Waals surface area contributed by atoms with Crippen LogP contribution in [0.2, 0.25) is 0 Å². The van der Waals surface area contributed by atoms with Crippen LogP contribution in [-0.2, 0) is 11.3 Å². The van der Waals surface area contributed by atoms with Gasteiger partial charge in [-0.2, -0.15) is 18.3 Å². The number of hydrogen-bond acceptors (Lipinski definition) is 5. The number of rotatable bonds is 4. The lowest BCUT2D eigenvalue weighted by molar-refractivity contribution is -0.192. The third-order valence-electron chi connectivity index (χ3n) is 6.40. The Morgan fingerprint density at radius 1 is 1.11 bits per heavy atom. The van der Waals surface area contributed by atoms with Gasteiger partial charge in [0.1, 0.15) is 0 Å². The van der Waals surface area contributed by atoms with E-state index in [4.69, 9.17) is 20.0 Å². The maximum absolute atomic E-state index is 10.6. The molecular weight excluding hydrogens is 459 g/mol. The van der Waals surface area contributed by atoms with Crippen molar-refractivity contribution in [2.45, 2.75) is 51.2 Å². The molecule has 2 aliphatic rings. The van der Waals surface area contributed by atoms with Crippen molar-refractivity contribution in [2.75, 3.05) is 31.1 Å². The highest BCUT2D eigenvalue weighted by molar-refractivity contribution is 5.73. The molecule has 0 aliphatic carbocycles. The van der Waals surface area contributed by atoms with Gasteiger partial charge in [0.15, 0.2) is 11.5 Å². The van der Waals surface area contributed by atoms with Crippen molar-refractivity contribution in [3.05, 3.63) is 59.5 Å². The quantitative estimate of drug-likeness (QED) is 0.575. The summed E-state index contributed by atoms with van der Waals surface area (Å²) < 4.78 is 33.7. The van der Waals surface area contributed by atoms with E-state index >= 15 is 0 Å². The lowest BCUT2D eigenvalue weighted by atomic mass is 9.97. The van der Waals surface area contributed by atoms with Crippen LogP contribution in [0.15, 0.2) is 42.6 Å². The number of alkyl halides is 3. The SMILES string of the molecule is Cc1cccc(CN2CCCC(c3nc4ccc(N5CCCC5)cn4n3)C2)c1.O=C(O)C(F)(F)F. The Labute approximate surface area is 202 Å². The van der Waals surface area contributed by atoms with Gasteiger partial charge in [0.05, 0.1) is 11.9 Å². The van der Waals surface area contributed by atoms with Gasteiger partial charge in [-0.05, 0) is 56.8 Å². The predicted octanol–water partition coefficient (Wildman–Crippen LogP) is 4.65. The van der Waals surface area contributed by atoms with Gasteiger partial charge in [0, 0.05) is 32.1 Å². The fourth-order valence-electron chi connectivity index (χ4n) is 4.70. The molecule has 2 aromatic heterocycles. The highest BCUT2D eigenvalue weighted by atomic mass is 19.4. The Morgan fingerprint density at radius 2 is 1.86 bits per heavy atom. The fourth-order valence-corrected chi connectivity index (χ4v) is 4.70. The maximum Gasteiger partial charge on any atom is 0.490 e. The number of halogens is 3. The largest absolute Gasteiger partial charge is 0.490 e. The summed E-state index contributed by atoms with van der Waals surface area (Å²) in [6.45, 7) is 7.71. The van der Waals surface area contributed by atoms with E-state index < -0.39 is 12.1 Å². The summed E-state index contributed by atoms with van der Waals surface area (Å²) in [5.41, 5.74) is 4.97. The Hall–Kier alpha value is -3.14. The number of anilines is 1. The number of pyridine rings is 1. The lowest BCUT2D eigenvalue weighted by Gasteiger charge is -2.31. The maximum atomic E-state index is 10.6. The Kier molecular flexibility index (Phi) is 7.59. The average Bonchev–Trinajstić information content (AvgIpc) is 3.49. The highest BCUT2D eigenvalue weighted by Gasteiger charge is 2.38. The standard InChI is InChI=1S/C23H29N5.C2HF3O2/c1-18-6-4-7-19(14-18)15-26-11-5-8-20(16-26)23-24-22-10-9-21(17-28(22)25-23)27-12-2-3-13-27;3-2(4,5)1(6)7/h4,6-7,9-10,14,17,20H,2-3,5,8,11-13,15-16H2,1H3;(H,6,7). The summed E-state index contributed by atoms with van der Waals surface area (Å²) in [6, 6.07) is 13.2. The first-order valence-electron chi connectivity index (χ1n) is 11.9. The van der Waals surface area contributed by atoms with Gasteiger partial charge in [-0.15, -0.1) is 0 Å². The number of benzene rings is 1. The third kappa shape index (κ3) is 6.50. The van der Waals surface area contributed by atoms with E-state index in [-0.39, 0.29) is 0 Å². The second-order valence-corrected chi connectivity index (χ2v) is 9.22. The zero-order valence-electron chi connectivity index (χ0n) is 19.7. The molecular formula is C25H30F3N5O2. The van der Waals surface area contributed by atoms with E-state index in [1.807, 2.05) is 4.52 Å². The number of likely N-dealkylation sites (tertiary alicyclic amines) is 1. The molecule has 1 atom stereocenters. The summed E-state index contributed by atoms with van der Waals surface area (Å²) in [5.74, 6) is -1.33. The molecule has 0 saturated carbocycles. The minimum Gasteiger partial charge on any atom is -0.475 e. The van der Waals surface area contributed by atoms with Crippen molar-refractivity contribution in [3.8, 4) is 0 Å². The number of hydrogen-bond donors (Lipinski definition) is 1. The van der Waals surface area contributed by atoms with Crippen molar-refractivity contribution in [2.24, 2.45) is 0 Å². The minimum absolute atomic E-state index is 0.425. The summed E-state index contributed by atoms with van der Waals surface area (Å²) in [6.07, 6.45) is 2.05. The van der Waals surface area contributed by atoms with E-state index in [9.17, 15) is 13.2 Å². The second kappa shape index (κ2) is 10.6. The van der Waals surface area contributed by atoms with E-state index in [2.05, 4.69) is 59.3 Å². The molecule has 4 heterocycles. The van der Waals surface area contributed by atoms with Crippen molar-refractivity contribution in [1.82, 2.24) is 19.5 Å². The number of carboxylic acid groups (broad SMARTS) is 1. The Bertz CT molecular complexity index is 1160. The number of aromatic nitrogens is 3. The molecule has 1 unspecified atom stereocenters. The van der Waals surface area contributed by atoms with Crippen LogP contribution in [0.1, 0.15) is 48.6 Å². The summed E-state index contributed by atoms with van der Waals surface area (Å²) in [4.78, 5) is 18.8. The summed E-state index contributed by atoms with van der Waals surface area (Å²) >= 11 is 0. The minimum atomic E-state index is -5.08. The lowest BCUT2D eigenvalue weighted by Crippen LogP contribution is -2.34. The second-order valence-electron chi connectivity index (χ2n) is 9.22. The van der Waals surface area contributed by atoms with Crippen LogP contribution in [0, 0.1) is 6.92 Å². The van der Waals surface area contributed by atoms with Gasteiger partial charge in [-0.1, -0.05) is 29.8 Å². The molecule has 2 fully saturated rings. The average molecular weight is 490 g/mol. The first-order chi connectivity index (χ1) is 16.7. The van der Waals surface area contributed by atoms with Crippen LogP contribution in [0.25, 0.3) is 5.65 Å². The van der Waals surface area contributed by atoms with E-state index in [1.54, 1.807) is 0 Å². The normalized spacial score (nSPS) is 19.0. The highest BCUT2D eigenvalue weighted by Crippen LogP contribution is 2.27. The topological polar surface area (TPSA) is 74.0 Å². The molecule has 35 heavy (non-hydrogen) atoms. The summed E-state index contributed by atoms with van der Waals surface area (Å²) in [5, 5.41) is 12.0. The molecule has 1 N–H and O–H groups in total. The zero-order chi connectivity index (χ0) is 25.0. The van der Waals surface area contributed by atoms with Crippen LogP contribution in [0.3, 0.4) is 0 Å². The van der Waals surface area contributed by atoms with E-state index in [0.29, 0.717) is 5.92 Å². The Balaban J connectivity index is 0.000000364. The van der Waals surface area contributed by atoms with Crippen molar-refractivity contribution in [1.29, 1.82) is 0 Å². The number of piperidine rings is 1. The monoisotopic (exact) mass is 489 g/mol. The van der Waals surface area contributed by atoms with Crippen LogP contribution in [0.5, 0.6) is 0 Å².